The number of aromatic nitrogens is 1. The van der Waals surface area contributed by atoms with Crippen molar-refractivity contribution in [1.29, 1.82) is 0 Å². The number of benzene rings is 3. The monoisotopic (exact) mass is 385 g/mol. The molecule has 29 heavy (non-hydrogen) atoms. The first-order valence-electron chi connectivity index (χ1n) is 8.89. The van der Waals surface area contributed by atoms with Crippen molar-refractivity contribution >= 4 is 23.0 Å². The topological polar surface area (TPSA) is 74.6 Å². The third kappa shape index (κ3) is 3.96. The second-order valence-corrected chi connectivity index (χ2v) is 6.34. The van der Waals surface area contributed by atoms with Gasteiger partial charge in [0.15, 0.2) is 0 Å². The fourth-order valence-electron chi connectivity index (χ4n) is 2.96. The van der Waals surface area contributed by atoms with Gasteiger partial charge in [-0.2, -0.15) is 5.10 Å². The van der Waals surface area contributed by atoms with E-state index in [-0.39, 0.29) is 17.1 Å². The Hall–Kier alpha value is -4.06. The lowest BCUT2D eigenvalue weighted by atomic mass is 10.0. The van der Waals surface area contributed by atoms with Gasteiger partial charge in [0.05, 0.1) is 23.0 Å². The van der Waals surface area contributed by atoms with Crippen LogP contribution < -0.4 is 5.43 Å². The first-order chi connectivity index (χ1) is 14.1. The average Bonchev–Trinajstić information content (AvgIpc) is 2.74. The van der Waals surface area contributed by atoms with Gasteiger partial charge in [0.1, 0.15) is 11.6 Å². The molecule has 1 amide bonds. The van der Waals surface area contributed by atoms with E-state index in [2.05, 4.69) is 15.5 Å². The van der Waals surface area contributed by atoms with Crippen molar-refractivity contribution in [2.75, 3.05) is 0 Å². The molecule has 1 heterocycles. The molecule has 0 aliphatic heterocycles. The van der Waals surface area contributed by atoms with E-state index in [4.69, 9.17) is 0 Å². The molecule has 0 fully saturated rings. The molecule has 0 aliphatic carbocycles. The van der Waals surface area contributed by atoms with Crippen LogP contribution in [0.1, 0.15) is 15.9 Å². The highest BCUT2D eigenvalue weighted by Crippen LogP contribution is 2.24. The molecule has 0 bridgehead atoms. The lowest BCUT2D eigenvalue weighted by Crippen LogP contribution is -2.17. The number of fused-ring (bicyclic) bond motifs is 1. The van der Waals surface area contributed by atoms with Crippen molar-refractivity contribution in [1.82, 2.24) is 10.4 Å². The number of pyridine rings is 1. The van der Waals surface area contributed by atoms with Gasteiger partial charge in [-0.1, -0.05) is 30.3 Å². The fraction of sp³-hybridized carbons (Fsp3) is 0. The Morgan fingerprint density at radius 3 is 2.52 bits per heavy atom. The van der Waals surface area contributed by atoms with E-state index < -0.39 is 5.91 Å². The van der Waals surface area contributed by atoms with E-state index in [1.807, 2.05) is 30.3 Å². The maximum Gasteiger partial charge on any atom is 0.275 e. The first kappa shape index (κ1) is 18.3. The highest BCUT2D eigenvalue weighted by molar-refractivity contribution is 6.01. The van der Waals surface area contributed by atoms with Crippen LogP contribution in [0.2, 0.25) is 0 Å². The molecule has 0 saturated heterocycles. The smallest absolute Gasteiger partial charge is 0.275 e. The van der Waals surface area contributed by atoms with Gasteiger partial charge in [0.2, 0.25) is 0 Å². The molecule has 0 saturated carbocycles. The fourth-order valence-corrected chi connectivity index (χ4v) is 2.96. The number of carbonyl (C=O) groups excluding carboxylic acids is 1. The molecule has 0 radical (unpaired) electrons. The number of carbonyl (C=O) groups is 1. The Kier molecular flexibility index (Phi) is 4.99. The molecule has 142 valence electrons. The number of halogens is 1. The second kappa shape index (κ2) is 7.90. The molecule has 2 N–H and O–H groups in total. The molecule has 4 rings (SSSR count). The Bertz CT molecular complexity index is 1220. The Balaban J connectivity index is 1.67. The summed E-state index contributed by atoms with van der Waals surface area (Å²) >= 11 is 0. The highest BCUT2D eigenvalue weighted by Gasteiger charge is 2.10. The number of amides is 1. The minimum atomic E-state index is -0.517. The quantitative estimate of drug-likeness (QED) is 0.401. The molecule has 3 aromatic carbocycles. The zero-order chi connectivity index (χ0) is 20.2. The van der Waals surface area contributed by atoms with Crippen molar-refractivity contribution in [3.63, 3.8) is 0 Å². The first-order valence-corrected chi connectivity index (χ1v) is 8.89. The van der Waals surface area contributed by atoms with Crippen molar-refractivity contribution in [3.05, 3.63) is 95.8 Å². The van der Waals surface area contributed by atoms with E-state index in [0.29, 0.717) is 5.69 Å². The molecule has 0 unspecified atom stereocenters. The summed E-state index contributed by atoms with van der Waals surface area (Å²) in [5, 5.41) is 14.7. The maximum absolute atomic E-state index is 13.2. The van der Waals surface area contributed by atoms with Gasteiger partial charge in [0.25, 0.3) is 5.91 Å². The lowest BCUT2D eigenvalue weighted by Gasteiger charge is -2.07. The molecule has 0 aliphatic rings. The largest absolute Gasteiger partial charge is 0.507 e. The summed E-state index contributed by atoms with van der Waals surface area (Å²) in [4.78, 5) is 16.8. The number of nitrogens with zero attached hydrogens (tertiary/aromatic N) is 2. The van der Waals surface area contributed by atoms with Crippen molar-refractivity contribution in [2.45, 2.75) is 0 Å². The zero-order valence-corrected chi connectivity index (χ0v) is 15.2. The number of phenols is 1. The SMILES string of the molecule is O=C(N/N=C/c1cc(-c2ccc(F)cc2)nc2ccccc12)c1ccccc1O. The van der Waals surface area contributed by atoms with E-state index in [0.717, 1.165) is 22.0 Å². The van der Waals surface area contributed by atoms with Gasteiger partial charge >= 0.3 is 0 Å². The van der Waals surface area contributed by atoms with Crippen LogP contribution in [0, 0.1) is 5.82 Å². The summed E-state index contributed by atoms with van der Waals surface area (Å²) in [5.41, 5.74) is 5.48. The predicted octanol–water partition coefficient (Wildman–Crippen LogP) is 4.51. The van der Waals surface area contributed by atoms with Crippen LogP contribution in [-0.4, -0.2) is 22.2 Å². The summed E-state index contributed by atoms with van der Waals surface area (Å²) in [6, 6.07) is 21.7. The Morgan fingerprint density at radius 2 is 1.72 bits per heavy atom. The molecular weight excluding hydrogens is 369 g/mol. The van der Waals surface area contributed by atoms with Crippen LogP contribution in [0.3, 0.4) is 0 Å². The summed E-state index contributed by atoms with van der Waals surface area (Å²) in [6.45, 7) is 0. The molecule has 0 atom stereocenters. The van der Waals surface area contributed by atoms with Crippen molar-refractivity contribution in [3.8, 4) is 17.0 Å². The van der Waals surface area contributed by atoms with E-state index in [9.17, 15) is 14.3 Å². The maximum atomic E-state index is 13.2. The Morgan fingerprint density at radius 1 is 1.00 bits per heavy atom. The minimum Gasteiger partial charge on any atom is -0.507 e. The van der Waals surface area contributed by atoms with E-state index in [1.165, 1.54) is 30.5 Å². The molecule has 6 heteroatoms. The lowest BCUT2D eigenvalue weighted by molar-refractivity contribution is 0.0952. The molecule has 0 spiro atoms. The van der Waals surface area contributed by atoms with Crippen molar-refractivity contribution in [2.24, 2.45) is 5.10 Å². The van der Waals surface area contributed by atoms with Gasteiger partial charge in [-0.25, -0.2) is 14.8 Å². The second-order valence-electron chi connectivity index (χ2n) is 6.34. The number of nitrogens with one attached hydrogen (secondary N) is 1. The minimum absolute atomic E-state index is 0.117. The summed E-state index contributed by atoms with van der Waals surface area (Å²) in [5.74, 6) is -0.951. The molecular formula is C23H16FN3O2. The number of hydrogen-bond acceptors (Lipinski definition) is 4. The van der Waals surface area contributed by atoms with Gasteiger partial charge in [0, 0.05) is 16.5 Å². The van der Waals surface area contributed by atoms with Gasteiger partial charge in [-0.15, -0.1) is 0 Å². The Labute approximate surface area is 166 Å². The van der Waals surface area contributed by atoms with Crippen LogP contribution in [0.25, 0.3) is 22.2 Å². The number of para-hydroxylation sites is 2. The standard InChI is InChI=1S/C23H16FN3O2/c24-17-11-9-15(10-12-17)21-13-16(18-5-1-3-7-20(18)26-21)14-25-27-23(29)19-6-2-4-8-22(19)28/h1-14,28H,(H,27,29)/b25-14+. The van der Waals surface area contributed by atoms with E-state index >= 15 is 0 Å². The van der Waals surface area contributed by atoms with Gasteiger partial charge < -0.3 is 5.11 Å². The van der Waals surface area contributed by atoms with Crippen LogP contribution >= 0.6 is 0 Å². The number of hydrogen-bond donors (Lipinski definition) is 2. The molecule has 1 aromatic heterocycles. The third-order valence-electron chi connectivity index (χ3n) is 4.41. The number of phenolic OH excluding ortho intramolecular Hbond substituents is 1. The predicted molar refractivity (Wildman–Crippen MR) is 110 cm³/mol. The zero-order valence-electron chi connectivity index (χ0n) is 15.2. The van der Waals surface area contributed by atoms with Crippen molar-refractivity contribution < 1.29 is 14.3 Å². The number of hydrazone groups is 1. The van der Waals surface area contributed by atoms with Gasteiger partial charge in [-0.05, 0) is 48.5 Å². The molecule has 5 nitrogen and oxygen atoms in total. The summed E-state index contributed by atoms with van der Waals surface area (Å²) in [6.07, 6.45) is 1.52. The highest BCUT2D eigenvalue weighted by atomic mass is 19.1. The average molecular weight is 385 g/mol. The van der Waals surface area contributed by atoms with Crippen LogP contribution in [-0.2, 0) is 0 Å². The number of aromatic hydroxyl groups is 1. The van der Waals surface area contributed by atoms with E-state index in [1.54, 1.807) is 24.3 Å². The number of rotatable bonds is 4. The summed E-state index contributed by atoms with van der Waals surface area (Å²) in [7, 11) is 0. The van der Waals surface area contributed by atoms with Crippen LogP contribution in [0.15, 0.2) is 84.0 Å². The van der Waals surface area contributed by atoms with Gasteiger partial charge in [-0.3, -0.25) is 4.79 Å². The molecule has 4 aromatic rings. The normalized spacial score (nSPS) is 11.1. The summed E-state index contributed by atoms with van der Waals surface area (Å²) < 4.78 is 13.2. The van der Waals surface area contributed by atoms with Crippen LogP contribution in [0.4, 0.5) is 4.39 Å². The third-order valence-corrected chi connectivity index (χ3v) is 4.41. The van der Waals surface area contributed by atoms with Crippen LogP contribution in [0.5, 0.6) is 5.75 Å².